The van der Waals surface area contributed by atoms with E-state index in [9.17, 15) is 14.7 Å². The number of aliphatic hydroxyl groups excluding tert-OH is 1. The Morgan fingerprint density at radius 3 is 2.80 bits per heavy atom. The summed E-state index contributed by atoms with van der Waals surface area (Å²) in [5, 5.41) is 9.74. The molecule has 8 heteroatoms. The lowest BCUT2D eigenvalue weighted by molar-refractivity contribution is 0.0772. The summed E-state index contributed by atoms with van der Waals surface area (Å²) in [6.07, 6.45) is 3.63. The summed E-state index contributed by atoms with van der Waals surface area (Å²) in [6.45, 7) is 6.41. The van der Waals surface area contributed by atoms with E-state index in [4.69, 9.17) is 0 Å². The maximum absolute atomic E-state index is 12.6. The lowest BCUT2D eigenvalue weighted by atomic mass is 9.96. The molecule has 0 bridgehead atoms. The van der Waals surface area contributed by atoms with Crippen LogP contribution in [-0.4, -0.2) is 95.1 Å². The van der Waals surface area contributed by atoms with Crippen LogP contribution in [0.3, 0.4) is 0 Å². The van der Waals surface area contributed by atoms with Gasteiger partial charge in [0.05, 0.1) is 6.20 Å². The fourth-order valence-electron chi connectivity index (χ4n) is 3.75. The van der Waals surface area contributed by atoms with Crippen molar-refractivity contribution in [3.8, 4) is 0 Å². The smallest absolute Gasteiger partial charge is 0.273 e. The molecule has 8 nitrogen and oxygen atoms in total. The van der Waals surface area contributed by atoms with Gasteiger partial charge in [-0.05, 0) is 32.5 Å². The second kappa shape index (κ2) is 8.07. The Labute approximate surface area is 147 Å². The van der Waals surface area contributed by atoms with E-state index in [-0.39, 0.29) is 35.6 Å². The highest BCUT2D eigenvalue weighted by molar-refractivity contribution is 5.92. The number of aromatic amines is 1. The summed E-state index contributed by atoms with van der Waals surface area (Å²) >= 11 is 0. The van der Waals surface area contributed by atoms with E-state index in [1.165, 1.54) is 6.20 Å². The highest BCUT2D eigenvalue weighted by Crippen LogP contribution is 2.25. The van der Waals surface area contributed by atoms with Gasteiger partial charge in [0.25, 0.3) is 11.5 Å². The molecule has 138 valence electrons. The number of rotatable bonds is 4. The average molecular weight is 349 g/mol. The summed E-state index contributed by atoms with van der Waals surface area (Å²) in [7, 11) is 2.15. The molecule has 0 saturated carbocycles. The molecule has 3 heterocycles. The summed E-state index contributed by atoms with van der Waals surface area (Å²) in [4.78, 5) is 36.6. The summed E-state index contributed by atoms with van der Waals surface area (Å²) in [5.74, 6) is 0.167. The van der Waals surface area contributed by atoms with Crippen molar-refractivity contribution in [1.29, 1.82) is 0 Å². The van der Waals surface area contributed by atoms with Crippen LogP contribution in [0.25, 0.3) is 0 Å². The first-order valence-corrected chi connectivity index (χ1v) is 8.92. The maximum atomic E-state index is 12.6. The molecule has 0 aliphatic carbocycles. The number of likely N-dealkylation sites (N-methyl/N-ethyl adjacent to an activating group) is 1. The third kappa shape index (κ3) is 4.45. The number of aliphatic hydroxyl groups is 1. The fourth-order valence-corrected chi connectivity index (χ4v) is 3.75. The van der Waals surface area contributed by atoms with Crippen LogP contribution in [0.4, 0.5) is 0 Å². The second-order valence-electron chi connectivity index (χ2n) is 7.17. The number of nitrogens with zero attached hydrogens (tertiary/aromatic N) is 4. The van der Waals surface area contributed by atoms with Gasteiger partial charge in [-0.25, -0.2) is 4.98 Å². The number of hydrogen-bond acceptors (Lipinski definition) is 6. The molecule has 2 aliphatic heterocycles. The molecule has 0 radical (unpaired) electrons. The van der Waals surface area contributed by atoms with E-state index in [1.54, 1.807) is 4.90 Å². The van der Waals surface area contributed by atoms with Gasteiger partial charge in [-0.15, -0.1) is 0 Å². The van der Waals surface area contributed by atoms with Gasteiger partial charge in [0.1, 0.15) is 5.69 Å². The SMILES string of the molecule is CN1CCCN(C[C@@H]2CN(C(=O)c3c[nH]c(=O)cn3)C[C@@H]2CO)CC1. The average Bonchev–Trinajstić information content (AvgIpc) is 2.91. The second-order valence-corrected chi connectivity index (χ2v) is 7.17. The van der Waals surface area contributed by atoms with Crippen LogP contribution in [0.5, 0.6) is 0 Å². The van der Waals surface area contributed by atoms with Crippen LogP contribution in [0.2, 0.25) is 0 Å². The molecule has 2 fully saturated rings. The Morgan fingerprint density at radius 2 is 2.08 bits per heavy atom. The Kier molecular flexibility index (Phi) is 5.82. The van der Waals surface area contributed by atoms with Crippen LogP contribution in [0.15, 0.2) is 17.2 Å². The number of carbonyl (C=O) groups is 1. The number of aromatic nitrogens is 2. The van der Waals surface area contributed by atoms with E-state index < -0.39 is 0 Å². The predicted octanol–water partition coefficient (Wildman–Crippen LogP) is -0.912. The number of hydrogen-bond donors (Lipinski definition) is 2. The monoisotopic (exact) mass is 349 g/mol. The third-order valence-corrected chi connectivity index (χ3v) is 5.29. The van der Waals surface area contributed by atoms with Crippen molar-refractivity contribution < 1.29 is 9.90 Å². The Bertz CT molecular complexity index is 629. The van der Waals surface area contributed by atoms with Gasteiger partial charge >= 0.3 is 0 Å². The van der Waals surface area contributed by atoms with E-state index in [1.807, 2.05) is 0 Å². The molecule has 0 spiro atoms. The van der Waals surface area contributed by atoms with Gasteiger partial charge in [0.15, 0.2) is 0 Å². The zero-order valence-corrected chi connectivity index (χ0v) is 14.7. The van der Waals surface area contributed by atoms with Gasteiger partial charge in [-0.3, -0.25) is 9.59 Å². The molecule has 2 atom stereocenters. The van der Waals surface area contributed by atoms with Crippen molar-refractivity contribution in [2.24, 2.45) is 11.8 Å². The van der Waals surface area contributed by atoms with E-state index in [2.05, 4.69) is 26.8 Å². The maximum Gasteiger partial charge on any atom is 0.273 e. The highest BCUT2D eigenvalue weighted by atomic mass is 16.3. The molecular weight excluding hydrogens is 322 g/mol. The minimum atomic E-state index is -0.324. The molecule has 3 rings (SSSR count). The summed E-state index contributed by atoms with van der Waals surface area (Å²) in [6, 6.07) is 0. The molecule has 0 aromatic carbocycles. The lowest BCUT2D eigenvalue weighted by Gasteiger charge is -2.26. The number of carbonyl (C=O) groups excluding carboxylic acids is 1. The van der Waals surface area contributed by atoms with Crippen molar-refractivity contribution >= 4 is 5.91 Å². The first-order chi connectivity index (χ1) is 12.1. The Balaban J connectivity index is 1.62. The predicted molar refractivity (Wildman–Crippen MR) is 93.4 cm³/mol. The van der Waals surface area contributed by atoms with Gasteiger partial charge in [-0.1, -0.05) is 0 Å². The van der Waals surface area contributed by atoms with Crippen LogP contribution in [0.1, 0.15) is 16.9 Å². The van der Waals surface area contributed by atoms with E-state index in [0.717, 1.165) is 45.3 Å². The quantitative estimate of drug-likeness (QED) is 0.731. The van der Waals surface area contributed by atoms with Gasteiger partial charge in [-0.2, -0.15) is 0 Å². The molecule has 0 unspecified atom stereocenters. The van der Waals surface area contributed by atoms with Crippen LogP contribution < -0.4 is 5.56 Å². The minimum absolute atomic E-state index is 0.0846. The van der Waals surface area contributed by atoms with Gasteiger partial charge < -0.3 is 24.8 Å². The third-order valence-electron chi connectivity index (χ3n) is 5.29. The van der Waals surface area contributed by atoms with E-state index in [0.29, 0.717) is 13.1 Å². The molecule has 25 heavy (non-hydrogen) atoms. The minimum Gasteiger partial charge on any atom is -0.396 e. The normalized spacial score (nSPS) is 25.9. The molecular formula is C17H27N5O3. The molecule has 1 aromatic rings. The first kappa shape index (κ1) is 18.0. The van der Waals surface area contributed by atoms with Crippen LogP contribution in [-0.2, 0) is 0 Å². The number of H-pyrrole nitrogens is 1. The Morgan fingerprint density at radius 1 is 1.28 bits per heavy atom. The molecule has 1 aromatic heterocycles. The van der Waals surface area contributed by atoms with Crippen molar-refractivity contribution in [3.63, 3.8) is 0 Å². The fraction of sp³-hybridized carbons (Fsp3) is 0.706. The van der Waals surface area contributed by atoms with Crippen molar-refractivity contribution in [2.45, 2.75) is 6.42 Å². The molecule has 2 N–H and O–H groups in total. The number of likely N-dealkylation sites (tertiary alicyclic amines) is 1. The summed E-state index contributed by atoms with van der Waals surface area (Å²) in [5.41, 5.74) is -0.0800. The van der Waals surface area contributed by atoms with Crippen molar-refractivity contribution in [1.82, 2.24) is 24.7 Å². The van der Waals surface area contributed by atoms with Gasteiger partial charge in [0.2, 0.25) is 0 Å². The first-order valence-electron chi connectivity index (χ1n) is 8.92. The standard InChI is InChI=1S/C17H27N5O3/c1-20-3-2-4-21(6-5-20)9-13-10-22(11-14(13)12-23)17(25)15-7-19-16(24)8-18-15/h7-8,13-14,23H,2-6,9-12H2,1H3,(H,19,24)/t13-,14-/m1/s1. The molecule has 1 amide bonds. The van der Waals surface area contributed by atoms with Crippen LogP contribution >= 0.6 is 0 Å². The van der Waals surface area contributed by atoms with Gasteiger partial charge in [0, 0.05) is 51.4 Å². The van der Waals surface area contributed by atoms with Crippen molar-refractivity contribution in [3.05, 3.63) is 28.4 Å². The number of nitrogens with one attached hydrogen (secondary N) is 1. The topological polar surface area (TPSA) is 92.8 Å². The van der Waals surface area contributed by atoms with Crippen LogP contribution in [0, 0.1) is 11.8 Å². The largest absolute Gasteiger partial charge is 0.396 e. The lowest BCUT2D eigenvalue weighted by Crippen LogP contribution is -2.36. The molecule has 2 saturated heterocycles. The Hall–Kier alpha value is -1.77. The number of amides is 1. The molecule has 2 aliphatic rings. The summed E-state index contributed by atoms with van der Waals surface area (Å²) < 4.78 is 0. The van der Waals surface area contributed by atoms with Crippen molar-refractivity contribution in [2.75, 3.05) is 59.5 Å². The zero-order chi connectivity index (χ0) is 17.8. The highest BCUT2D eigenvalue weighted by Gasteiger charge is 2.36. The van der Waals surface area contributed by atoms with E-state index >= 15 is 0 Å². The zero-order valence-electron chi connectivity index (χ0n) is 14.7.